The van der Waals surface area contributed by atoms with Gasteiger partial charge in [0.1, 0.15) is 23.9 Å². The summed E-state index contributed by atoms with van der Waals surface area (Å²) in [6.45, 7) is 6.49. The molecule has 0 saturated heterocycles. The number of carbonyl (C=O) groups is 1. The molecule has 210 valence electrons. The SMILES string of the molecule is CCOC(=O)C(NP(N)(=O)OCC(OC)C(O)C1(O)C(C)C1C=Nc1c(N)nc(N)nc1OC)C(C)C. The highest BCUT2D eigenvalue weighted by molar-refractivity contribution is 7.54. The molecule has 7 unspecified atom stereocenters. The van der Waals surface area contributed by atoms with Crippen LogP contribution in [0, 0.1) is 17.8 Å². The highest BCUT2D eigenvalue weighted by Crippen LogP contribution is 2.53. The number of nitrogens with zero attached hydrogens (tertiary/aromatic N) is 3. The van der Waals surface area contributed by atoms with Crippen molar-refractivity contribution >= 4 is 37.3 Å². The second kappa shape index (κ2) is 12.4. The summed E-state index contributed by atoms with van der Waals surface area (Å²) >= 11 is 0. The van der Waals surface area contributed by atoms with Crippen LogP contribution in [0.25, 0.3) is 0 Å². The maximum Gasteiger partial charge on any atom is 0.338 e. The van der Waals surface area contributed by atoms with E-state index in [2.05, 4.69) is 20.0 Å². The first kappa shape index (κ1) is 30.8. The van der Waals surface area contributed by atoms with Gasteiger partial charge in [0.15, 0.2) is 11.5 Å². The molecule has 9 N–H and O–H groups in total. The summed E-state index contributed by atoms with van der Waals surface area (Å²) in [6.07, 6.45) is -1.20. The highest BCUT2D eigenvalue weighted by atomic mass is 31.2. The summed E-state index contributed by atoms with van der Waals surface area (Å²) < 4.78 is 33.5. The summed E-state index contributed by atoms with van der Waals surface area (Å²) in [7, 11) is -1.37. The Bertz CT molecular complexity index is 1030. The average Bonchev–Trinajstić information content (AvgIpc) is 3.36. The third-order valence-corrected chi connectivity index (χ3v) is 7.40. The molecule has 1 aliphatic rings. The van der Waals surface area contributed by atoms with E-state index in [4.69, 9.17) is 35.7 Å². The molecule has 0 aromatic carbocycles. The summed E-state index contributed by atoms with van der Waals surface area (Å²) in [4.78, 5) is 24.2. The molecule has 0 radical (unpaired) electrons. The predicted molar refractivity (Wildman–Crippen MR) is 136 cm³/mol. The van der Waals surface area contributed by atoms with Gasteiger partial charge in [-0.2, -0.15) is 9.97 Å². The van der Waals surface area contributed by atoms with Crippen molar-refractivity contribution in [3.8, 4) is 5.88 Å². The van der Waals surface area contributed by atoms with E-state index >= 15 is 0 Å². The van der Waals surface area contributed by atoms with Crippen molar-refractivity contribution < 1.29 is 38.3 Å². The molecule has 16 heteroatoms. The zero-order valence-electron chi connectivity index (χ0n) is 21.8. The van der Waals surface area contributed by atoms with Crippen LogP contribution in [0.3, 0.4) is 0 Å². The number of esters is 1. The summed E-state index contributed by atoms with van der Waals surface area (Å²) in [5, 5.41) is 24.6. The molecule has 0 amide bonds. The number of methoxy groups -OCH3 is 2. The van der Waals surface area contributed by atoms with E-state index in [0.717, 1.165) is 0 Å². The van der Waals surface area contributed by atoms with Crippen molar-refractivity contribution in [3.05, 3.63) is 0 Å². The molecule has 1 fully saturated rings. The van der Waals surface area contributed by atoms with Crippen molar-refractivity contribution in [1.82, 2.24) is 15.1 Å². The highest BCUT2D eigenvalue weighted by Gasteiger charge is 2.66. The van der Waals surface area contributed by atoms with Gasteiger partial charge in [0, 0.05) is 19.2 Å². The smallest absolute Gasteiger partial charge is 0.338 e. The standard InChI is InChI=1S/C21H38N7O8P/c1-7-35-19(30)14(10(2)3)28-37(24,32)36-9-13(33-5)16(29)21(31)11(4)12(21)8-25-15-17(22)26-20(23)27-18(15)34-6/h8,10-14,16,29,31H,7,9H2,1-6H3,(H3,24,28,32)(H4,22,23,26,27). The number of aliphatic hydroxyl groups excluding tert-OH is 1. The number of aliphatic imine (C=N–C) groups is 1. The number of carbonyl (C=O) groups excluding carboxylic acids is 1. The minimum atomic E-state index is -4.02. The molecule has 7 atom stereocenters. The van der Waals surface area contributed by atoms with Crippen LogP contribution in [0.15, 0.2) is 4.99 Å². The van der Waals surface area contributed by atoms with Gasteiger partial charge in [0.2, 0.25) is 11.8 Å². The van der Waals surface area contributed by atoms with E-state index in [1.54, 1.807) is 27.7 Å². The molecular formula is C21H38N7O8P. The number of nitrogens with two attached hydrogens (primary N) is 3. The number of rotatable bonds is 14. The van der Waals surface area contributed by atoms with Crippen LogP contribution in [0.4, 0.5) is 17.5 Å². The van der Waals surface area contributed by atoms with Crippen LogP contribution < -0.4 is 26.8 Å². The largest absolute Gasteiger partial charge is 0.479 e. The first-order valence-electron chi connectivity index (χ1n) is 11.6. The number of nitrogen functional groups attached to an aromatic ring is 2. The number of aliphatic hydroxyl groups is 2. The minimum Gasteiger partial charge on any atom is -0.479 e. The predicted octanol–water partition coefficient (Wildman–Crippen LogP) is -0.0145. The van der Waals surface area contributed by atoms with E-state index in [1.807, 2.05) is 0 Å². The number of ether oxygens (including phenoxy) is 3. The average molecular weight is 548 g/mol. The molecule has 2 rings (SSSR count). The van der Waals surface area contributed by atoms with Gasteiger partial charge in [-0.15, -0.1) is 0 Å². The minimum absolute atomic E-state index is 0.0186. The fourth-order valence-electron chi connectivity index (χ4n) is 3.91. The lowest BCUT2D eigenvalue weighted by Crippen LogP contribution is -2.46. The molecule has 0 bridgehead atoms. The van der Waals surface area contributed by atoms with Gasteiger partial charge in [-0.3, -0.25) is 14.4 Å². The zero-order valence-corrected chi connectivity index (χ0v) is 22.7. The van der Waals surface area contributed by atoms with Gasteiger partial charge in [-0.1, -0.05) is 20.8 Å². The van der Waals surface area contributed by atoms with Crippen molar-refractivity contribution in [1.29, 1.82) is 0 Å². The molecule has 0 spiro atoms. The quantitative estimate of drug-likeness (QED) is 0.102. The lowest BCUT2D eigenvalue weighted by atomic mass is 10.0. The van der Waals surface area contributed by atoms with E-state index in [-0.39, 0.29) is 35.9 Å². The third kappa shape index (κ3) is 7.13. The fourth-order valence-corrected chi connectivity index (χ4v) is 5.15. The van der Waals surface area contributed by atoms with Crippen molar-refractivity contribution in [3.63, 3.8) is 0 Å². The normalized spacial score (nSPS) is 25.5. The van der Waals surface area contributed by atoms with Crippen LogP contribution in [-0.4, -0.2) is 83.6 Å². The van der Waals surface area contributed by atoms with E-state index in [1.165, 1.54) is 20.4 Å². The number of hydrogen-bond donors (Lipinski definition) is 6. The monoisotopic (exact) mass is 547 g/mol. The zero-order chi connectivity index (χ0) is 28.1. The third-order valence-electron chi connectivity index (χ3n) is 6.23. The number of anilines is 2. The van der Waals surface area contributed by atoms with Crippen molar-refractivity contribution in [2.75, 3.05) is 38.9 Å². The fraction of sp³-hybridized carbons (Fsp3) is 0.714. The second-order valence-electron chi connectivity index (χ2n) is 9.02. The summed E-state index contributed by atoms with van der Waals surface area (Å²) in [5.41, 5.74) is 15.7. The Hall–Kier alpha value is -2.39. The first-order valence-corrected chi connectivity index (χ1v) is 13.3. The van der Waals surface area contributed by atoms with Crippen molar-refractivity contribution in [2.45, 2.75) is 51.5 Å². The molecule has 0 aliphatic heterocycles. The van der Waals surface area contributed by atoms with Crippen LogP contribution in [-0.2, 0) is 23.4 Å². The van der Waals surface area contributed by atoms with Crippen LogP contribution in [0.2, 0.25) is 0 Å². The number of nitrogens with one attached hydrogen (secondary N) is 1. The first-order chi connectivity index (χ1) is 17.2. The lowest BCUT2D eigenvalue weighted by Gasteiger charge is -2.29. The molecule has 1 aromatic rings. The Balaban J connectivity index is 2.10. The Kier molecular flexibility index (Phi) is 10.4. The van der Waals surface area contributed by atoms with Gasteiger partial charge in [0.25, 0.3) is 0 Å². The lowest BCUT2D eigenvalue weighted by molar-refractivity contribution is -0.146. The van der Waals surface area contributed by atoms with Gasteiger partial charge in [-0.25, -0.2) is 10.6 Å². The van der Waals surface area contributed by atoms with Crippen LogP contribution >= 0.6 is 7.67 Å². The van der Waals surface area contributed by atoms with Gasteiger partial charge in [-0.05, 0) is 18.8 Å². The maximum absolute atomic E-state index is 12.8. The Morgan fingerprint density at radius 3 is 2.51 bits per heavy atom. The summed E-state index contributed by atoms with van der Waals surface area (Å²) in [5.74, 6) is -2.03. The van der Waals surface area contributed by atoms with Crippen LogP contribution in [0.1, 0.15) is 27.7 Å². The Morgan fingerprint density at radius 2 is 1.97 bits per heavy atom. The Labute approximate surface area is 215 Å². The van der Waals surface area contributed by atoms with Crippen LogP contribution in [0.5, 0.6) is 5.88 Å². The molecule has 1 heterocycles. The molecule has 37 heavy (non-hydrogen) atoms. The number of aromatic nitrogens is 2. The van der Waals surface area contributed by atoms with Gasteiger partial charge < -0.3 is 40.4 Å². The molecule has 15 nitrogen and oxygen atoms in total. The number of hydrogen-bond acceptors (Lipinski definition) is 13. The van der Waals surface area contributed by atoms with E-state index in [9.17, 15) is 19.6 Å². The maximum atomic E-state index is 12.8. The topological polar surface area (TPSA) is 240 Å². The van der Waals surface area contributed by atoms with E-state index < -0.39 is 55.9 Å². The molecular weight excluding hydrogens is 509 g/mol. The second-order valence-corrected chi connectivity index (χ2v) is 10.7. The molecule has 1 saturated carbocycles. The molecule has 1 aromatic heterocycles. The Morgan fingerprint density at radius 1 is 1.32 bits per heavy atom. The van der Waals surface area contributed by atoms with E-state index in [0.29, 0.717) is 0 Å². The van der Waals surface area contributed by atoms with Gasteiger partial charge in [0.05, 0.1) is 20.3 Å². The molecule has 1 aliphatic carbocycles. The summed E-state index contributed by atoms with van der Waals surface area (Å²) in [6, 6.07) is -0.975. The van der Waals surface area contributed by atoms with Gasteiger partial charge >= 0.3 is 13.6 Å². The van der Waals surface area contributed by atoms with Crippen molar-refractivity contribution in [2.24, 2.45) is 28.3 Å².